The van der Waals surface area contributed by atoms with E-state index in [1.807, 2.05) is 0 Å². The van der Waals surface area contributed by atoms with E-state index >= 15 is 0 Å². The van der Waals surface area contributed by atoms with Crippen LogP contribution in [-0.4, -0.2) is 24.5 Å². The lowest BCUT2D eigenvalue weighted by atomic mass is 10.0. The largest absolute Gasteiger partial charge is 0.292 e. The molecular formula is C13H16ClN. The van der Waals surface area contributed by atoms with Crippen LogP contribution in [0.15, 0.2) is 24.3 Å². The Bertz CT molecular complexity index is 327. The Hall–Kier alpha value is -0.970. The molecule has 2 heteroatoms. The summed E-state index contributed by atoms with van der Waals surface area (Å²) in [7, 11) is 0. The topological polar surface area (TPSA) is 3.24 Å². The van der Waals surface area contributed by atoms with E-state index in [1.165, 1.54) is 11.1 Å². The molecule has 2 rings (SSSR count). The predicted molar refractivity (Wildman–Crippen MR) is 66.4 cm³/mol. The first-order valence-electron chi connectivity index (χ1n) is 5.13. The number of nitrogens with zero attached hydrogens (tertiary/aromatic N) is 1. The molecule has 1 aliphatic rings. The maximum atomic E-state index is 5.32. The molecule has 0 atom stereocenters. The first-order chi connectivity index (χ1) is 6.90. The zero-order valence-electron chi connectivity index (χ0n) is 8.78. The molecule has 1 aliphatic heterocycles. The minimum Gasteiger partial charge on any atom is -0.292 e. The van der Waals surface area contributed by atoms with Crippen molar-refractivity contribution >= 4 is 12.4 Å². The van der Waals surface area contributed by atoms with Gasteiger partial charge in [0.15, 0.2) is 0 Å². The van der Waals surface area contributed by atoms with Gasteiger partial charge in [0.2, 0.25) is 0 Å². The highest BCUT2D eigenvalue weighted by Crippen LogP contribution is 2.14. The Morgan fingerprint density at radius 2 is 1.67 bits per heavy atom. The molecule has 0 bridgehead atoms. The summed E-state index contributed by atoms with van der Waals surface area (Å²) in [5.74, 6) is 2.72. The third kappa shape index (κ3) is 2.99. The van der Waals surface area contributed by atoms with E-state index in [4.69, 9.17) is 6.42 Å². The minimum atomic E-state index is 0. The molecule has 15 heavy (non-hydrogen) atoms. The average molecular weight is 222 g/mol. The van der Waals surface area contributed by atoms with Crippen LogP contribution in [-0.2, 0) is 12.8 Å². The summed E-state index contributed by atoms with van der Waals surface area (Å²) in [6.45, 7) is 2.98. The summed E-state index contributed by atoms with van der Waals surface area (Å²) < 4.78 is 0. The van der Waals surface area contributed by atoms with Crippen LogP contribution in [0.3, 0.4) is 0 Å². The fraction of sp³-hybridized carbons (Fsp3) is 0.385. The van der Waals surface area contributed by atoms with Crippen LogP contribution in [0.1, 0.15) is 11.1 Å². The van der Waals surface area contributed by atoms with Gasteiger partial charge in [0.25, 0.3) is 0 Å². The molecule has 0 N–H and O–H groups in total. The molecule has 0 aromatic heterocycles. The maximum Gasteiger partial charge on any atom is 0.0599 e. The number of hydrogen-bond donors (Lipinski definition) is 0. The highest BCUT2D eigenvalue weighted by molar-refractivity contribution is 5.85. The first kappa shape index (κ1) is 12.1. The van der Waals surface area contributed by atoms with E-state index in [0.29, 0.717) is 0 Å². The lowest BCUT2D eigenvalue weighted by molar-refractivity contribution is 0.323. The molecule has 0 unspecified atom stereocenters. The van der Waals surface area contributed by atoms with Crippen LogP contribution < -0.4 is 0 Å². The standard InChI is InChI=1S/C13H15N.ClH/c1-2-9-14-10-7-12-5-3-4-6-13(12)8-11-14;/h1,3-6H,7-11H2;1H. The van der Waals surface area contributed by atoms with Gasteiger partial charge in [0, 0.05) is 13.1 Å². The molecule has 0 saturated heterocycles. The van der Waals surface area contributed by atoms with Crippen LogP contribution in [0.5, 0.6) is 0 Å². The summed E-state index contributed by atoms with van der Waals surface area (Å²) >= 11 is 0. The molecule has 1 heterocycles. The first-order valence-corrected chi connectivity index (χ1v) is 5.13. The SMILES string of the molecule is C#CCN1CCc2ccccc2CC1.Cl. The number of terminal acetylenes is 1. The summed E-state index contributed by atoms with van der Waals surface area (Å²) in [6, 6.07) is 8.70. The number of halogens is 1. The Morgan fingerprint density at radius 3 is 2.13 bits per heavy atom. The average Bonchev–Trinajstić information content (AvgIpc) is 2.42. The molecule has 1 aromatic carbocycles. The van der Waals surface area contributed by atoms with Crippen molar-refractivity contribution < 1.29 is 0 Å². The Balaban J connectivity index is 0.00000112. The summed E-state index contributed by atoms with van der Waals surface area (Å²) in [4.78, 5) is 2.35. The van der Waals surface area contributed by atoms with Crippen molar-refractivity contribution in [1.82, 2.24) is 4.90 Å². The van der Waals surface area contributed by atoms with Gasteiger partial charge >= 0.3 is 0 Å². The fourth-order valence-corrected chi connectivity index (χ4v) is 2.00. The van der Waals surface area contributed by atoms with Gasteiger partial charge in [-0.1, -0.05) is 30.2 Å². The van der Waals surface area contributed by atoms with Gasteiger partial charge in [-0.05, 0) is 24.0 Å². The zero-order valence-corrected chi connectivity index (χ0v) is 9.59. The number of benzene rings is 1. The normalized spacial score (nSPS) is 15.7. The van der Waals surface area contributed by atoms with Crippen molar-refractivity contribution in [2.75, 3.05) is 19.6 Å². The van der Waals surface area contributed by atoms with Crippen LogP contribution in [0.2, 0.25) is 0 Å². The quantitative estimate of drug-likeness (QED) is 0.657. The summed E-state index contributed by atoms with van der Waals surface area (Å²) in [5, 5.41) is 0. The molecule has 80 valence electrons. The molecular weight excluding hydrogens is 206 g/mol. The van der Waals surface area contributed by atoms with Crippen LogP contribution in [0.4, 0.5) is 0 Å². The predicted octanol–water partition coefficient (Wildman–Crippen LogP) is 2.14. The Kier molecular flexibility index (Phi) is 4.68. The second-order valence-corrected chi connectivity index (χ2v) is 3.75. The minimum absolute atomic E-state index is 0. The molecule has 0 saturated carbocycles. The number of fused-ring (bicyclic) bond motifs is 1. The second kappa shape index (κ2) is 5.80. The van der Waals surface area contributed by atoms with Crippen molar-refractivity contribution in [2.24, 2.45) is 0 Å². The van der Waals surface area contributed by atoms with Gasteiger partial charge in [-0.2, -0.15) is 0 Å². The van der Waals surface area contributed by atoms with Crippen molar-refractivity contribution in [1.29, 1.82) is 0 Å². The van der Waals surface area contributed by atoms with Crippen molar-refractivity contribution in [3.05, 3.63) is 35.4 Å². The van der Waals surface area contributed by atoms with Gasteiger partial charge in [-0.3, -0.25) is 4.90 Å². The van der Waals surface area contributed by atoms with Gasteiger partial charge in [0.05, 0.1) is 6.54 Å². The van der Waals surface area contributed by atoms with E-state index in [1.54, 1.807) is 0 Å². The highest BCUT2D eigenvalue weighted by Gasteiger charge is 2.11. The number of hydrogen-bond acceptors (Lipinski definition) is 1. The van der Waals surface area contributed by atoms with E-state index in [-0.39, 0.29) is 12.4 Å². The molecule has 0 fully saturated rings. The monoisotopic (exact) mass is 221 g/mol. The number of rotatable bonds is 1. The van der Waals surface area contributed by atoms with E-state index in [0.717, 1.165) is 32.5 Å². The van der Waals surface area contributed by atoms with Crippen molar-refractivity contribution in [2.45, 2.75) is 12.8 Å². The van der Waals surface area contributed by atoms with Gasteiger partial charge in [0.1, 0.15) is 0 Å². The molecule has 0 aliphatic carbocycles. The maximum absolute atomic E-state index is 5.32. The second-order valence-electron chi connectivity index (χ2n) is 3.75. The third-order valence-corrected chi connectivity index (χ3v) is 2.83. The van der Waals surface area contributed by atoms with E-state index in [9.17, 15) is 0 Å². The summed E-state index contributed by atoms with van der Waals surface area (Å²) in [5.41, 5.74) is 2.99. The third-order valence-electron chi connectivity index (χ3n) is 2.83. The van der Waals surface area contributed by atoms with Crippen LogP contribution in [0, 0.1) is 12.3 Å². The molecule has 1 aromatic rings. The highest BCUT2D eigenvalue weighted by atomic mass is 35.5. The molecule has 0 radical (unpaired) electrons. The van der Waals surface area contributed by atoms with Crippen molar-refractivity contribution in [3.8, 4) is 12.3 Å². The summed E-state index contributed by atoms with van der Waals surface area (Å²) in [6.07, 6.45) is 7.60. The molecule has 1 nitrogen and oxygen atoms in total. The fourth-order valence-electron chi connectivity index (χ4n) is 2.00. The van der Waals surface area contributed by atoms with Crippen molar-refractivity contribution in [3.63, 3.8) is 0 Å². The van der Waals surface area contributed by atoms with E-state index < -0.39 is 0 Å². The lowest BCUT2D eigenvalue weighted by Gasteiger charge is -2.15. The van der Waals surface area contributed by atoms with Gasteiger partial charge < -0.3 is 0 Å². The van der Waals surface area contributed by atoms with Crippen LogP contribution in [0.25, 0.3) is 0 Å². The van der Waals surface area contributed by atoms with Gasteiger partial charge in [-0.25, -0.2) is 0 Å². The lowest BCUT2D eigenvalue weighted by Crippen LogP contribution is -2.26. The van der Waals surface area contributed by atoms with Crippen LogP contribution >= 0.6 is 12.4 Å². The van der Waals surface area contributed by atoms with E-state index in [2.05, 4.69) is 35.1 Å². The Morgan fingerprint density at radius 1 is 1.13 bits per heavy atom. The smallest absolute Gasteiger partial charge is 0.0599 e. The Labute approximate surface area is 97.9 Å². The van der Waals surface area contributed by atoms with Gasteiger partial charge in [-0.15, -0.1) is 18.8 Å². The molecule has 0 amide bonds. The zero-order chi connectivity index (χ0) is 9.80. The molecule has 0 spiro atoms.